The molecule has 0 aromatic rings. The zero-order valence-corrected chi connectivity index (χ0v) is 13.4. The molecule has 0 aliphatic heterocycles. The Morgan fingerprint density at radius 1 is 1.18 bits per heavy atom. The smallest absolute Gasteiger partial charge is 0.312 e. The Labute approximate surface area is 130 Å². The van der Waals surface area contributed by atoms with E-state index in [9.17, 15) is 17.6 Å². The highest BCUT2D eigenvalue weighted by molar-refractivity contribution is 7.85. The molecule has 126 valence electrons. The van der Waals surface area contributed by atoms with Crippen LogP contribution >= 0.6 is 0 Å². The molecule has 4 fully saturated rings. The normalized spacial score (nSPS) is 38.0. The lowest BCUT2D eigenvalue weighted by atomic mass is 9.49. The van der Waals surface area contributed by atoms with Crippen LogP contribution in [-0.2, 0) is 19.6 Å². The van der Waals surface area contributed by atoms with Crippen molar-refractivity contribution in [3.05, 3.63) is 0 Å². The molecule has 4 bridgehead atoms. The van der Waals surface area contributed by atoms with Crippen molar-refractivity contribution in [3.8, 4) is 0 Å². The minimum absolute atomic E-state index is 0.128. The van der Waals surface area contributed by atoms with Gasteiger partial charge in [0, 0.05) is 6.42 Å². The first-order chi connectivity index (χ1) is 10.3. The Morgan fingerprint density at radius 2 is 1.68 bits per heavy atom. The van der Waals surface area contributed by atoms with E-state index in [1.54, 1.807) is 0 Å². The van der Waals surface area contributed by atoms with E-state index in [0.717, 1.165) is 19.3 Å². The number of hydrogen-bond donors (Lipinski definition) is 1. The van der Waals surface area contributed by atoms with E-state index in [4.69, 9.17) is 9.29 Å². The van der Waals surface area contributed by atoms with Gasteiger partial charge in [-0.2, -0.15) is 8.42 Å². The lowest BCUT2D eigenvalue weighted by Gasteiger charge is -2.55. The van der Waals surface area contributed by atoms with Crippen molar-refractivity contribution in [2.75, 3.05) is 12.4 Å². The molecular formula is C15H23FO5S. The average molecular weight is 334 g/mol. The van der Waals surface area contributed by atoms with Crippen molar-refractivity contribution < 1.29 is 26.9 Å². The molecule has 5 nitrogen and oxygen atoms in total. The van der Waals surface area contributed by atoms with Gasteiger partial charge in [-0.1, -0.05) is 0 Å². The van der Waals surface area contributed by atoms with Crippen molar-refractivity contribution in [1.29, 1.82) is 0 Å². The second-order valence-electron chi connectivity index (χ2n) is 7.47. The van der Waals surface area contributed by atoms with Gasteiger partial charge in [0.15, 0.2) is 0 Å². The van der Waals surface area contributed by atoms with Crippen LogP contribution in [0.4, 0.5) is 4.39 Å². The van der Waals surface area contributed by atoms with Crippen LogP contribution in [0, 0.1) is 23.2 Å². The summed E-state index contributed by atoms with van der Waals surface area (Å²) in [6, 6.07) is 0. The molecule has 0 heterocycles. The van der Waals surface area contributed by atoms with Gasteiger partial charge in [0.25, 0.3) is 10.1 Å². The molecule has 7 heteroatoms. The van der Waals surface area contributed by atoms with Crippen LogP contribution < -0.4 is 0 Å². The lowest BCUT2D eigenvalue weighted by molar-refractivity contribution is -0.171. The molecule has 22 heavy (non-hydrogen) atoms. The van der Waals surface area contributed by atoms with Crippen molar-refractivity contribution in [3.63, 3.8) is 0 Å². The lowest BCUT2D eigenvalue weighted by Crippen LogP contribution is -2.50. The fourth-order valence-electron chi connectivity index (χ4n) is 5.11. The largest absolute Gasteiger partial charge is 0.465 e. The van der Waals surface area contributed by atoms with Crippen molar-refractivity contribution in [1.82, 2.24) is 0 Å². The minimum atomic E-state index is -4.33. The molecule has 0 aromatic carbocycles. The standard InChI is InChI=1S/C15H23FO5S/c16-13(9-22(18,19)20)1-2-21-14(17)15-6-10-3-11(7-15)5-12(4-10)8-15/h10-13H,1-9H2,(H,18,19,20). The Morgan fingerprint density at radius 3 is 2.14 bits per heavy atom. The third-order valence-electron chi connectivity index (χ3n) is 5.53. The van der Waals surface area contributed by atoms with E-state index < -0.39 is 22.0 Å². The van der Waals surface area contributed by atoms with E-state index in [1.807, 2.05) is 0 Å². The van der Waals surface area contributed by atoms with Gasteiger partial charge in [0.05, 0.1) is 12.0 Å². The molecule has 0 spiro atoms. The van der Waals surface area contributed by atoms with E-state index in [-0.39, 0.29) is 24.4 Å². The molecular weight excluding hydrogens is 311 g/mol. The second kappa shape index (κ2) is 5.74. The molecule has 1 N–H and O–H groups in total. The Kier molecular flexibility index (Phi) is 4.22. The van der Waals surface area contributed by atoms with Gasteiger partial charge in [-0.15, -0.1) is 0 Å². The number of esters is 1. The first-order valence-electron chi connectivity index (χ1n) is 8.02. The van der Waals surface area contributed by atoms with Crippen molar-refractivity contribution in [2.45, 2.75) is 51.1 Å². The minimum Gasteiger partial charge on any atom is -0.465 e. The van der Waals surface area contributed by atoms with Gasteiger partial charge in [-0.25, -0.2) is 4.39 Å². The maximum Gasteiger partial charge on any atom is 0.312 e. The second-order valence-corrected chi connectivity index (χ2v) is 8.97. The third kappa shape index (κ3) is 3.45. The Balaban J connectivity index is 1.50. The summed E-state index contributed by atoms with van der Waals surface area (Å²) in [7, 11) is -4.33. The molecule has 4 aliphatic carbocycles. The number of halogens is 1. The predicted octanol–water partition coefficient (Wildman–Crippen LogP) is 2.36. The number of ether oxygens (including phenoxy) is 1. The molecule has 0 saturated heterocycles. The van der Waals surface area contributed by atoms with Gasteiger partial charge in [-0.05, 0) is 56.3 Å². The summed E-state index contributed by atoms with van der Waals surface area (Å²) in [5.74, 6) is 0.722. The fraction of sp³-hybridized carbons (Fsp3) is 0.933. The maximum atomic E-state index is 13.4. The molecule has 1 unspecified atom stereocenters. The van der Waals surface area contributed by atoms with E-state index in [1.165, 1.54) is 19.3 Å². The molecule has 0 amide bonds. The predicted molar refractivity (Wildman–Crippen MR) is 77.5 cm³/mol. The zero-order valence-electron chi connectivity index (χ0n) is 12.5. The monoisotopic (exact) mass is 334 g/mol. The SMILES string of the molecule is O=C(OCCC(F)CS(=O)(=O)O)C12CC3CC(CC(C3)C1)C2. The zero-order chi connectivity index (χ0) is 16.0. The number of alkyl halides is 1. The summed E-state index contributed by atoms with van der Waals surface area (Å²) in [4.78, 5) is 12.5. The van der Waals surface area contributed by atoms with Crippen LogP contribution in [0.15, 0.2) is 0 Å². The highest BCUT2D eigenvalue weighted by Crippen LogP contribution is 2.60. The number of rotatable bonds is 6. The first kappa shape index (κ1) is 16.2. The van der Waals surface area contributed by atoms with E-state index >= 15 is 0 Å². The molecule has 4 rings (SSSR count). The Hall–Kier alpha value is -0.690. The van der Waals surface area contributed by atoms with Crippen LogP contribution in [0.5, 0.6) is 0 Å². The van der Waals surface area contributed by atoms with Crippen LogP contribution in [0.2, 0.25) is 0 Å². The van der Waals surface area contributed by atoms with Gasteiger partial charge >= 0.3 is 5.97 Å². The molecule has 0 aromatic heterocycles. The summed E-state index contributed by atoms with van der Waals surface area (Å²) in [5, 5.41) is 0. The van der Waals surface area contributed by atoms with E-state index in [2.05, 4.69) is 0 Å². The summed E-state index contributed by atoms with van der Waals surface area (Å²) in [6.07, 6.45) is 4.46. The highest BCUT2D eigenvalue weighted by atomic mass is 32.2. The average Bonchev–Trinajstić information content (AvgIpc) is 2.34. The van der Waals surface area contributed by atoms with Gasteiger partial charge in [0.2, 0.25) is 0 Å². The molecule has 1 atom stereocenters. The molecule has 0 radical (unpaired) electrons. The van der Waals surface area contributed by atoms with Gasteiger partial charge in [0.1, 0.15) is 11.9 Å². The van der Waals surface area contributed by atoms with Gasteiger partial charge < -0.3 is 4.74 Å². The summed E-state index contributed by atoms with van der Waals surface area (Å²) < 4.78 is 48.4. The topological polar surface area (TPSA) is 80.7 Å². The van der Waals surface area contributed by atoms with Gasteiger partial charge in [-0.3, -0.25) is 9.35 Å². The Bertz CT molecular complexity index is 509. The number of hydrogen-bond acceptors (Lipinski definition) is 4. The summed E-state index contributed by atoms with van der Waals surface area (Å²) in [5.41, 5.74) is -0.371. The first-order valence-corrected chi connectivity index (χ1v) is 9.63. The summed E-state index contributed by atoms with van der Waals surface area (Å²) >= 11 is 0. The van der Waals surface area contributed by atoms with E-state index in [0.29, 0.717) is 17.8 Å². The van der Waals surface area contributed by atoms with Crippen molar-refractivity contribution >= 4 is 16.1 Å². The van der Waals surface area contributed by atoms with Crippen LogP contribution in [0.3, 0.4) is 0 Å². The third-order valence-corrected chi connectivity index (χ3v) is 6.31. The van der Waals surface area contributed by atoms with Crippen LogP contribution in [0.1, 0.15) is 44.9 Å². The summed E-state index contributed by atoms with van der Waals surface area (Å²) in [6.45, 7) is -0.128. The van der Waals surface area contributed by atoms with Crippen molar-refractivity contribution in [2.24, 2.45) is 23.2 Å². The number of carbonyl (C=O) groups excluding carboxylic acids is 1. The molecule has 4 saturated carbocycles. The van der Waals surface area contributed by atoms with Crippen LogP contribution in [0.25, 0.3) is 0 Å². The van der Waals surface area contributed by atoms with Crippen LogP contribution in [-0.4, -0.2) is 37.5 Å². The highest BCUT2D eigenvalue weighted by Gasteiger charge is 2.55. The quantitative estimate of drug-likeness (QED) is 0.596. The number of carbonyl (C=O) groups is 1. The fourth-order valence-corrected chi connectivity index (χ4v) is 5.73. The molecule has 4 aliphatic rings. The maximum absolute atomic E-state index is 13.4.